The molecule has 1 aromatic carbocycles. The first-order valence-corrected chi connectivity index (χ1v) is 8.45. The highest BCUT2D eigenvalue weighted by Crippen LogP contribution is 2.31. The van der Waals surface area contributed by atoms with Crippen LogP contribution in [0.15, 0.2) is 24.3 Å². The Morgan fingerprint density at radius 1 is 1.30 bits per heavy atom. The lowest BCUT2D eigenvalue weighted by Crippen LogP contribution is -2.56. The summed E-state index contributed by atoms with van der Waals surface area (Å²) in [7, 11) is 0. The summed E-state index contributed by atoms with van der Waals surface area (Å²) >= 11 is 1.83. The van der Waals surface area contributed by atoms with Gasteiger partial charge in [-0.15, -0.1) is 11.3 Å². The van der Waals surface area contributed by atoms with Crippen molar-refractivity contribution in [1.29, 1.82) is 0 Å². The highest BCUT2D eigenvalue weighted by Gasteiger charge is 2.34. The van der Waals surface area contributed by atoms with Crippen LogP contribution < -0.4 is 5.32 Å². The molecule has 1 aromatic heterocycles. The van der Waals surface area contributed by atoms with Crippen LogP contribution in [-0.4, -0.2) is 35.6 Å². The van der Waals surface area contributed by atoms with Crippen molar-refractivity contribution in [3.05, 3.63) is 29.3 Å². The van der Waals surface area contributed by atoms with E-state index >= 15 is 0 Å². The summed E-state index contributed by atoms with van der Waals surface area (Å²) in [5.41, 5.74) is 1.13. The zero-order valence-corrected chi connectivity index (χ0v) is 12.7. The SMILES string of the molecule is CC(NC1CN2CCC1CC2)c1nc2ccccc2s1. The Morgan fingerprint density at radius 2 is 2.10 bits per heavy atom. The number of hydrogen-bond donors (Lipinski definition) is 1. The van der Waals surface area contributed by atoms with Crippen molar-refractivity contribution in [2.75, 3.05) is 19.6 Å². The van der Waals surface area contributed by atoms with Gasteiger partial charge in [0.1, 0.15) is 5.01 Å². The summed E-state index contributed by atoms with van der Waals surface area (Å²) in [5.74, 6) is 0.872. The normalized spacial score (nSPS) is 30.8. The Hall–Kier alpha value is -0.970. The Morgan fingerprint density at radius 3 is 2.80 bits per heavy atom. The van der Waals surface area contributed by atoms with Crippen molar-refractivity contribution in [2.45, 2.75) is 31.8 Å². The van der Waals surface area contributed by atoms with Crippen LogP contribution in [0.1, 0.15) is 30.8 Å². The average Bonchev–Trinajstić information content (AvgIpc) is 2.92. The first kappa shape index (κ1) is 12.7. The molecule has 0 radical (unpaired) electrons. The summed E-state index contributed by atoms with van der Waals surface area (Å²) in [4.78, 5) is 7.38. The number of fused-ring (bicyclic) bond motifs is 4. The van der Waals surface area contributed by atoms with E-state index in [1.807, 2.05) is 11.3 Å². The molecule has 5 rings (SSSR count). The second kappa shape index (κ2) is 5.10. The van der Waals surface area contributed by atoms with Gasteiger partial charge >= 0.3 is 0 Å². The molecule has 2 unspecified atom stereocenters. The average molecular weight is 287 g/mol. The van der Waals surface area contributed by atoms with Gasteiger partial charge in [0.15, 0.2) is 0 Å². The van der Waals surface area contributed by atoms with Gasteiger partial charge < -0.3 is 10.2 Å². The van der Waals surface area contributed by atoms with Gasteiger partial charge in [-0.2, -0.15) is 0 Å². The molecule has 0 aliphatic carbocycles. The molecule has 3 saturated heterocycles. The van der Waals surface area contributed by atoms with E-state index in [4.69, 9.17) is 4.98 Å². The van der Waals surface area contributed by atoms with E-state index in [-0.39, 0.29) is 0 Å². The zero-order valence-electron chi connectivity index (χ0n) is 11.9. The fourth-order valence-corrected chi connectivity index (χ4v) is 4.60. The fraction of sp³-hybridized carbons (Fsp3) is 0.562. The van der Waals surface area contributed by atoms with E-state index in [1.54, 1.807) is 0 Å². The van der Waals surface area contributed by atoms with Gasteiger partial charge in [0.05, 0.1) is 16.3 Å². The molecule has 3 aliphatic heterocycles. The maximum atomic E-state index is 4.78. The summed E-state index contributed by atoms with van der Waals surface area (Å²) in [6, 6.07) is 9.44. The molecule has 20 heavy (non-hydrogen) atoms. The van der Waals surface area contributed by atoms with Gasteiger partial charge in [-0.05, 0) is 50.9 Å². The van der Waals surface area contributed by atoms with Crippen LogP contribution in [-0.2, 0) is 0 Å². The minimum atomic E-state index is 0.359. The molecular weight excluding hydrogens is 266 g/mol. The lowest BCUT2D eigenvalue weighted by molar-refractivity contribution is 0.0680. The van der Waals surface area contributed by atoms with Crippen molar-refractivity contribution >= 4 is 21.6 Å². The van der Waals surface area contributed by atoms with E-state index < -0.39 is 0 Å². The number of benzene rings is 1. The molecule has 2 bridgehead atoms. The monoisotopic (exact) mass is 287 g/mol. The minimum absolute atomic E-state index is 0.359. The molecule has 0 saturated carbocycles. The first-order valence-electron chi connectivity index (χ1n) is 7.63. The van der Waals surface area contributed by atoms with Gasteiger partial charge in [-0.25, -0.2) is 4.98 Å². The quantitative estimate of drug-likeness (QED) is 0.940. The van der Waals surface area contributed by atoms with Crippen molar-refractivity contribution < 1.29 is 0 Å². The van der Waals surface area contributed by atoms with Crippen LogP contribution in [0, 0.1) is 5.92 Å². The summed E-state index contributed by atoms with van der Waals surface area (Å²) in [5, 5.41) is 5.06. The molecule has 0 amide bonds. The molecule has 2 atom stereocenters. The lowest BCUT2D eigenvalue weighted by atomic mass is 9.84. The highest BCUT2D eigenvalue weighted by molar-refractivity contribution is 7.18. The Bertz CT molecular complexity index is 568. The molecule has 4 heteroatoms. The van der Waals surface area contributed by atoms with Gasteiger partial charge in [0, 0.05) is 12.6 Å². The van der Waals surface area contributed by atoms with Crippen LogP contribution in [0.3, 0.4) is 0 Å². The lowest BCUT2D eigenvalue weighted by Gasteiger charge is -2.45. The fourth-order valence-electron chi connectivity index (χ4n) is 3.62. The first-order chi connectivity index (χ1) is 9.79. The maximum Gasteiger partial charge on any atom is 0.111 e. The number of rotatable bonds is 3. The van der Waals surface area contributed by atoms with Crippen molar-refractivity contribution in [3.63, 3.8) is 0 Å². The second-order valence-electron chi connectivity index (χ2n) is 6.15. The van der Waals surface area contributed by atoms with Crippen molar-refractivity contribution in [1.82, 2.24) is 15.2 Å². The second-order valence-corrected chi connectivity index (χ2v) is 7.21. The molecule has 1 N–H and O–H groups in total. The molecule has 3 fully saturated rings. The molecule has 106 valence electrons. The van der Waals surface area contributed by atoms with Crippen molar-refractivity contribution in [3.8, 4) is 0 Å². The molecule has 0 spiro atoms. The molecule has 2 aromatic rings. The number of aromatic nitrogens is 1. The van der Waals surface area contributed by atoms with Crippen LogP contribution in [0.25, 0.3) is 10.2 Å². The minimum Gasteiger partial charge on any atom is -0.304 e. The third kappa shape index (κ3) is 2.26. The Balaban J connectivity index is 1.51. The predicted molar refractivity (Wildman–Crippen MR) is 84.1 cm³/mol. The molecule has 4 heterocycles. The van der Waals surface area contributed by atoms with Gasteiger partial charge in [0.25, 0.3) is 0 Å². The molecule has 3 aliphatic rings. The predicted octanol–water partition coefficient (Wildman–Crippen LogP) is 3.04. The third-order valence-electron chi connectivity index (χ3n) is 4.80. The summed E-state index contributed by atoms with van der Waals surface area (Å²) in [6.07, 6.45) is 2.73. The molecule has 3 nitrogen and oxygen atoms in total. The summed E-state index contributed by atoms with van der Waals surface area (Å²) in [6.45, 7) is 6.09. The number of thiazole rings is 1. The number of nitrogens with zero attached hydrogens (tertiary/aromatic N) is 2. The number of piperidine rings is 3. The van der Waals surface area contributed by atoms with Crippen LogP contribution >= 0.6 is 11.3 Å². The van der Waals surface area contributed by atoms with Crippen LogP contribution in [0.2, 0.25) is 0 Å². The number of para-hydroxylation sites is 1. The number of hydrogen-bond acceptors (Lipinski definition) is 4. The van der Waals surface area contributed by atoms with E-state index in [0.29, 0.717) is 12.1 Å². The summed E-state index contributed by atoms with van der Waals surface area (Å²) < 4.78 is 1.30. The van der Waals surface area contributed by atoms with E-state index in [2.05, 4.69) is 41.4 Å². The van der Waals surface area contributed by atoms with E-state index in [0.717, 1.165) is 11.4 Å². The Labute approximate surface area is 124 Å². The van der Waals surface area contributed by atoms with E-state index in [9.17, 15) is 0 Å². The van der Waals surface area contributed by atoms with Crippen LogP contribution in [0.4, 0.5) is 0 Å². The maximum absolute atomic E-state index is 4.78. The van der Waals surface area contributed by atoms with Gasteiger partial charge in [-0.3, -0.25) is 0 Å². The zero-order chi connectivity index (χ0) is 13.5. The molecular formula is C16H21N3S. The topological polar surface area (TPSA) is 28.2 Å². The number of nitrogens with one attached hydrogen (secondary N) is 1. The standard InChI is InChI=1S/C16H21N3S/c1-11(16-18-13-4-2-3-5-15(13)20-16)17-14-10-19-8-6-12(14)7-9-19/h2-5,11-12,14,17H,6-10H2,1H3. The van der Waals surface area contributed by atoms with Gasteiger partial charge in [-0.1, -0.05) is 12.1 Å². The van der Waals surface area contributed by atoms with E-state index in [1.165, 1.54) is 42.2 Å². The van der Waals surface area contributed by atoms with Crippen LogP contribution in [0.5, 0.6) is 0 Å². The smallest absolute Gasteiger partial charge is 0.111 e. The Kier molecular flexibility index (Phi) is 3.25. The van der Waals surface area contributed by atoms with Gasteiger partial charge in [0.2, 0.25) is 0 Å². The third-order valence-corrected chi connectivity index (χ3v) is 6.02. The largest absolute Gasteiger partial charge is 0.304 e. The highest BCUT2D eigenvalue weighted by atomic mass is 32.1. The van der Waals surface area contributed by atoms with Crippen molar-refractivity contribution in [2.24, 2.45) is 5.92 Å².